The molecule has 0 bridgehead atoms. The van der Waals surface area contributed by atoms with Gasteiger partial charge in [0.05, 0.1) is 22.8 Å². The Kier molecular flexibility index (Phi) is 60.2. The summed E-state index contributed by atoms with van der Waals surface area (Å²) >= 11 is 0. The van der Waals surface area contributed by atoms with Crippen molar-refractivity contribution in [2.75, 3.05) is 0 Å². The summed E-state index contributed by atoms with van der Waals surface area (Å²) in [5, 5.41) is 0. The van der Waals surface area contributed by atoms with Crippen LogP contribution in [-0.2, 0) is 0 Å². The molecule has 2 nitrogen and oxygen atoms in total. The predicted molar refractivity (Wildman–Crippen MR) is 394 cm³/mol. The van der Waals surface area contributed by atoms with E-state index in [1.807, 2.05) is 0 Å². The molecule has 86 heavy (non-hydrogen) atoms. The van der Waals surface area contributed by atoms with Crippen LogP contribution in [0, 0.1) is 0 Å². The van der Waals surface area contributed by atoms with E-state index in [0.717, 1.165) is 37.1 Å². The van der Waals surface area contributed by atoms with Gasteiger partial charge in [0.15, 0.2) is 0 Å². The highest BCUT2D eigenvalue weighted by Gasteiger charge is 2.11. The van der Waals surface area contributed by atoms with Crippen molar-refractivity contribution < 1.29 is 0 Å². The molecule has 0 aromatic heterocycles. The third-order valence-electron chi connectivity index (χ3n) is 18.8. The molecule has 0 atom stereocenters. The maximum absolute atomic E-state index is 5.34. The minimum Gasteiger partial charge on any atom is -0.252 e. The smallest absolute Gasteiger partial charge is 0.0634 e. The van der Waals surface area contributed by atoms with Gasteiger partial charge in [0.25, 0.3) is 0 Å². The predicted octanol–water partition coefficient (Wildman–Crippen LogP) is 30.8. The first-order chi connectivity index (χ1) is 42.7. The average Bonchev–Trinajstić information content (AvgIpc) is 3.68. The van der Waals surface area contributed by atoms with Crippen LogP contribution in [0.2, 0.25) is 0 Å². The van der Waals surface area contributed by atoms with Crippen LogP contribution in [0.4, 0.5) is 11.4 Å². The molecule has 0 saturated heterocycles. The van der Waals surface area contributed by atoms with Gasteiger partial charge >= 0.3 is 0 Å². The summed E-state index contributed by atoms with van der Waals surface area (Å²) in [5.74, 6) is 0. The van der Waals surface area contributed by atoms with E-state index in [-0.39, 0.29) is 0 Å². The first-order valence-corrected chi connectivity index (χ1v) is 39.4. The Hall–Kier alpha value is -2.74. The molecule has 2 aromatic carbocycles. The SMILES string of the molecule is CCCCCCCCCCCCCCCCCCCCCCCCCCCCC=Cc1ccc(N=C(CCCC)C(CCCCCC)=Nc2ccc(C=CCCCCCCCCCCCCCCCCCCCCCCCCCCCC)cc2)cc1. The van der Waals surface area contributed by atoms with Crippen molar-refractivity contribution >= 4 is 35.0 Å². The van der Waals surface area contributed by atoms with E-state index in [9.17, 15) is 0 Å². The fourth-order valence-corrected chi connectivity index (χ4v) is 12.8. The van der Waals surface area contributed by atoms with E-state index >= 15 is 0 Å². The van der Waals surface area contributed by atoms with Crippen LogP contribution in [-0.4, -0.2) is 11.4 Å². The molecule has 0 aliphatic carbocycles. The second kappa shape index (κ2) is 65.2. The molecular formula is C84H148N2. The standard InChI is InChI=1S/C84H148N2/c1-5-9-13-16-18-20-22-24-26-28-30-32-34-36-38-40-42-44-46-48-50-52-54-56-58-60-62-64-67-79-71-75-81(76-72-79)85-83(69-12-8-4)84(70-66-15-11-7-3)86-82-77-73-80(74-78-82)68-65-63-61-59-57-55-53-51-49-47-45-43-41-39-37-35-33-31-29-27-25-23-21-19-17-14-10-6-2/h64-65,67-68,71-78H,5-63,66,69-70H2,1-4H3. The first-order valence-electron chi connectivity index (χ1n) is 39.4. The van der Waals surface area contributed by atoms with Gasteiger partial charge in [-0.25, -0.2) is 0 Å². The zero-order chi connectivity index (χ0) is 61.2. The van der Waals surface area contributed by atoms with Crippen molar-refractivity contribution in [2.45, 2.75) is 426 Å². The molecule has 0 aliphatic rings. The maximum Gasteiger partial charge on any atom is 0.0634 e. The van der Waals surface area contributed by atoms with Crippen molar-refractivity contribution in [3.63, 3.8) is 0 Å². The number of allylic oxidation sites excluding steroid dienone is 2. The highest BCUT2D eigenvalue weighted by atomic mass is 14.8. The van der Waals surface area contributed by atoms with Crippen LogP contribution in [0.1, 0.15) is 437 Å². The monoisotopic (exact) mass is 1190 g/mol. The maximum atomic E-state index is 5.34. The molecular weight excluding hydrogens is 1040 g/mol. The summed E-state index contributed by atoms with van der Waals surface area (Å²) in [7, 11) is 0. The van der Waals surface area contributed by atoms with Crippen LogP contribution in [0.5, 0.6) is 0 Å². The minimum atomic E-state index is 0.977. The van der Waals surface area contributed by atoms with Gasteiger partial charge in [-0.3, -0.25) is 9.98 Å². The zero-order valence-electron chi connectivity index (χ0n) is 58.7. The van der Waals surface area contributed by atoms with Crippen LogP contribution < -0.4 is 0 Å². The Bertz CT molecular complexity index is 1780. The Balaban J connectivity index is 1.56. The Morgan fingerprint density at radius 1 is 0.221 bits per heavy atom. The van der Waals surface area contributed by atoms with Gasteiger partial charge < -0.3 is 0 Å². The Morgan fingerprint density at radius 3 is 0.628 bits per heavy atom. The third kappa shape index (κ3) is 53.1. The molecule has 0 N–H and O–H groups in total. The molecule has 0 amide bonds. The molecule has 2 aromatic rings. The lowest BCUT2D eigenvalue weighted by Crippen LogP contribution is -2.14. The highest BCUT2D eigenvalue weighted by molar-refractivity contribution is 6.43. The molecule has 2 rings (SSSR count). The van der Waals surface area contributed by atoms with E-state index in [1.54, 1.807) is 0 Å². The fraction of sp³-hybridized carbons (Fsp3) is 0.786. The van der Waals surface area contributed by atoms with E-state index in [1.165, 1.54) is 395 Å². The van der Waals surface area contributed by atoms with Crippen molar-refractivity contribution in [3.05, 3.63) is 71.8 Å². The lowest BCUT2D eigenvalue weighted by Gasteiger charge is -2.12. The molecule has 0 spiro atoms. The summed E-state index contributed by atoms with van der Waals surface area (Å²) < 4.78 is 0. The first kappa shape index (κ1) is 79.4. The molecule has 2 heteroatoms. The molecule has 0 heterocycles. The highest BCUT2D eigenvalue weighted by Crippen LogP contribution is 2.24. The second-order valence-corrected chi connectivity index (χ2v) is 27.3. The van der Waals surface area contributed by atoms with Gasteiger partial charge in [-0.15, -0.1) is 0 Å². The van der Waals surface area contributed by atoms with Gasteiger partial charge in [-0.05, 0) is 86.8 Å². The van der Waals surface area contributed by atoms with E-state index in [0.29, 0.717) is 0 Å². The number of aliphatic imine (C=N–C) groups is 2. The number of hydrogen-bond acceptors (Lipinski definition) is 2. The summed E-state index contributed by atoms with van der Waals surface area (Å²) in [6, 6.07) is 17.9. The number of unbranched alkanes of at least 4 members (excludes halogenated alkanes) is 56. The third-order valence-corrected chi connectivity index (χ3v) is 18.8. The largest absolute Gasteiger partial charge is 0.252 e. The van der Waals surface area contributed by atoms with E-state index < -0.39 is 0 Å². The van der Waals surface area contributed by atoms with Crippen molar-refractivity contribution in [1.82, 2.24) is 0 Å². The molecule has 0 aliphatic heterocycles. The summed E-state index contributed by atoms with van der Waals surface area (Å²) in [6.07, 6.45) is 96.2. The molecule has 494 valence electrons. The fourth-order valence-electron chi connectivity index (χ4n) is 12.8. The van der Waals surface area contributed by atoms with Gasteiger partial charge in [-0.2, -0.15) is 0 Å². The number of nitrogens with zero attached hydrogens (tertiary/aromatic N) is 2. The van der Waals surface area contributed by atoms with Gasteiger partial charge in [0.1, 0.15) is 0 Å². The van der Waals surface area contributed by atoms with Gasteiger partial charge in [0.2, 0.25) is 0 Å². The van der Waals surface area contributed by atoms with Crippen molar-refractivity contribution in [2.24, 2.45) is 9.98 Å². The zero-order valence-corrected chi connectivity index (χ0v) is 58.7. The number of hydrogen-bond donors (Lipinski definition) is 0. The van der Waals surface area contributed by atoms with Crippen LogP contribution in [0.15, 0.2) is 70.7 Å². The number of benzene rings is 2. The van der Waals surface area contributed by atoms with Crippen molar-refractivity contribution in [3.8, 4) is 0 Å². The minimum absolute atomic E-state index is 0.977. The van der Waals surface area contributed by atoms with Crippen LogP contribution in [0.3, 0.4) is 0 Å². The Morgan fingerprint density at radius 2 is 0.407 bits per heavy atom. The van der Waals surface area contributed by atoms with E-state index in [4.69, 9.17) is 9.98 Å². The lowest BCUT2D eigenvalue weighted by molar-refractivity contribution is 0.515. The summed E-state index contributed by atoms with van der Waals surface area (Å²) in [4.78, 5) is 10.7. The normalized spacial score (nSPS) is 12.3. The van der Waals surface area contributed by atoms with Crippen LogP contribution in [0.25, 0.3) is 12.2 Å². The number of rotatable bonds is 67. The Labute approximate surface area is 539 Å². The quantitative estimate of drug-likeness (QED) is 0.0466. The second-order valence-electron chi connectivity index (χ2n) is 27.3. The van der Waals surface area contributed by atoms with E-state index in [2.05, 4.69) is 101 Å². The molecule has 0 unspecified atom stereocenters. The summed E-state index contributed by atoms with van der Waals surface area (Å²) in [5.41, 5.74) is 7.00. The van der Waals surface area contributed by atoms with Crippen molar-refractivity contribution in [1.29, 1.82) is 0 Å². The molecule has 0 fully saturated rings. The lowest BCUT2D eigenvalue weighted by atomic mass is 10.0. The topological polar surface area (TPSA) is 24.7 Å². The average molecular weight is 1190 g/mol. The van der Waals surface area contributed by atoms with Crippen LogP contribution >= 0.6 is 0 Å². The van der Waals surface area contributed by atoms with Gasteiger partial charge in [-0.1, -0.05) is 423 Å². The molecule has 0 saturated carbocycles. The summed E-state index contributed by atoms with van der Waals surface area (Å²) in [6.45, 7) is 9.21. The van der Waals surface area contributed by atoms with Gasteiger partial charge in [0, 0.05) is 0 Å². The molecule has 0 radical (unpaired) electrons.